The lowest BCUT2D eigenvalue weighted by molar-refractivity contribution is -0.146. The highest BCUT2D eigenvalue weighted by Crippen LogP contribution is 2.31. The summed E-state index contributed by atoms with van der Waals surface area (Å²) in [6.45, 7) is 1.80. The van der Waals surface area contributed by atoms with Crippen molar-refractivity contribution in [3.05, 3.63) is 42.3 Å². The summed E-state index contributed by atoms with van der Waals surface area (Å²) in [6, 6.07) is 9.95. The molecule has 2 rings (SSSR count). The Morgan fingerprint density at radius 3 is 2.54 bits per heavy atom. The zero-order chi connectivity index (χ0) is 17.6. The number of methoxy groups -OCH3 is 2. The van der Waals surface area contributed by atoms with Crippen molar-refractivity contribution in [3.63, 3.8) is 0 Å². The molecule has 0 spiro atoms. The highest BCUT2D eigenvalue weighted by Gasteiger charge is 2.45. The second-order valence-electron chi connectivity index (χ2n) is 5.23. The molecule has 0 aromatic heterocycles. The summed E-state index contributed by atoms with van der Waals surface area (Å²) in [5.74, 6) is -0.0884. The van der Waals surface area contributed by atoms with Crippen LogP contribution in [-0.2, 0) is 23.7 Å². The molecule has 1 aliphatic heterocycles. The molecule has 0 aliphatic carbocycles. The van der Waals surface area contributed by atoms with Crippen molar-refractivity contribution >= 4 is 17.7 Å². The van der Waals surface area contributed by atoms with Crippen molar-refractivity contribution < 1.29 is 23.7 Å². The summed E-state index contributed by atoms with van der Waals surface area (Å²) in [6.07, 6.45) is 1.35. The van der Waals surface area contributed by atoms with E-state index in [9.17, 15) is 4.79 Å². The lowest BCUT2D eigenvalue weighted by atomic mass is 10.2. The lowest BCUT2D eigenvalue weighted by Gasteiger charge is -2.38. The fourth-order valence-electron chi connectivity index (χ4n) is 2.50. The fraction of sp³-hybridized carbons (Fsp3) is 0.412. The van der Waals surface area contributed by atoms with E-state index in [0.717, 1.165) is 5.69 Å². The zero-order valence-corrected chi connectivity index (χ0v) is 14.4. The largest absolute Gasteiger partial charge is 0.481 e. The maximum Gasteiger partial charge on any atom is 0.410 e. The Bertz CT molecular complexity index is 629. The number of likely N-dealkylation sites (N-methyl/N-ethyl adjacent to an activating group) is 1. The molecule has 1 heterocycles. The van der Waals surface area contributed by atoms with Crippen molar-refractivity contribution in [1.82, 2.24) is 4.48 Å². The highest BCUT2D eigenvalue weighted by molar-refractivity contribution is 5.90. The maximum absolute atomic E-state index is 11.6. The molecule has 0 saturated heterocycles. The first-order valence-corrected chi connectivity index (χ1v) is 7.64. The number of carbonyl (C=O) groups is 1. The molecule has 2 atom stereocenters. The van der Waals surface area contributed by atoms with Gasteiger partial charge in [-0.3, -0.25) is 0 Å². The summed E-state index contributed by atoms with van der Waals surface area (Å²) in [7, 11) is 5.02. The molecule has 130 valence electrons. The Morgan fingerprint density at radius 2 is 1.96 bits per heavy atom. The molecular weight excluding hydrogens is 312 g/mol. The number of hydrogen-bond acceptors (Lipinski definition) is 6. The van der Waals surface area contributed by atoms with Crippen molar-refractivity contribution in [3.8, 4) is 0 Å². The molecule has 1 aliphatic rings. The Hall–Kier alpha value is -2.38. The maximum atomic E-state index is 11.6. The van der Waals surface area contributed by atoms with Crippen LogP contribution >= 0.6 is 0 Å². The predicted octanol–water partition coefficient (Wildman–Crippen LogP) is 2.03. The topological polar surface area (TPSA) is 66.4 Å². The number of rotatable bonds is 6. The summed E-state index contributed by atoms with van der Waals surface area (Å²) < 4.78 is 21.5. The summed E-state index contributed by atoms with van der Waals surface area (Å²) in [5.41, 5.74) is 0.901. The third kappa shape index (κ3) is 3.58. The number of carbonyl (C=O) groups excluding carboxylic acids is 1. The molecule has 7 nitrogen and oxygen atoms in total. The van der Waals surface area contributed by atoms with Gasteiger partial charge in [0.25, 0.3) is 0 Å². The Kier molecular flexibility index (Phi) is 5.94. The molecule has 0 N–H and O–H groups in total. The number of amidine groups is 1. The predicted molar refractivity (Wildman–Crippen MR) is 90.1 cm³/mol. The molecular formula is C17H23N2O5+. The van der Waals surface area contributed by atoms with E-state index in [-0.39, 0.29) is 11.1 Å². The number of para-hydroxylation sites is 1. The molecule has 0 fully saturated rings. The van der Waals surface area contributed by atoms with Gasteiger partial charge in [-0.05, 0) is 19.1 Å². The van der Waals surface area contributed by atoms with E-state index in [1.54, 1.807) is 20.1 Å². The average molecular weight is 335 g/mol. The molecule has 24 heavy (non-hydrogen) atoms. The smallest absolute Gasteiger partial charge is 0.410 e. The van der Waals surface area contributed by atoms with Crippen LogP contribution in [0.15, 0.2) is 47.3 Å². The fourth-order valence-corrected chi connectivity index (χ4v) is 2.50. The van der Waals surface area contributed by atoms with Crippen LogP contribution in [0.3, 0.4) is 0 Å². The van der Waals surface area contributed by atoms with Gasteiger partial charge in [0.15, 0.2) is 6.61 Å². The van der Waals surface area contributed by atoms with Crippen LogP contribution in [-0.4, -0.2) is 52.7 Å². The first-order chi connectivity index (χ1) is 11.6. The number of aliphatic imine (C=N–C) groups is 1. The third-order valence-corrected chi connectivity index (χ3v) is 3.76. The van der Waals surface area contributed by atoms with Crippen LogP contribution in [0, 0.1) is 0 Å². The van der Waals surface area contributed by atoms with Crippen molar-refractivity contribution in [1.29, 1.82) is 0 Å². The van der Waals surface area contributed by atoms with E-state index in [1.807, 2.05) is 37.4 Å². The van der Waals surface area contributed by atoms with Gasteiger partial charge in [-0.2, -0.15) is 4.48 Å². The quantitative estimate of drug-likeness (QED) is 0.588. The van der Waals surface area contributed by atoms with Gasteiger partial charge in [-0.25, -0.2) is 4.79 Å². The molecule has 7 heteroatoms. The third-order valence-electron chi connectivity index (χ3n) is 3.76. The monoisotopic (exact) mass is 335 g/mol. The number of benzene rings is 1. The van der Waals surface area contributed by atoms with Gasteiger partial charge in [-0.15, -0.1) is 4.99 Å². The van der Waals surface area contributed by atoms with Crippen LogP contribution in [0.4, 0.5) is 5.69 Å². The minimum Gasteiger partial charge on any atom is -0.481 e. The number of ether oxygens (including phenoxy) is 4. The molecule has 0 bridgehead atoms. The van der Waals surface area contributed by atoms with Crippen LogP contribution in [0.1, 0.15) is 6.92 Å². The van der Waals surface area contributed by atoms with E-state index in [4.69, 9.17) is 18.9 Å². The standard InChI is InChI=1S/C17H23N2O5/c1-5-23-16(20)12-24-17-18-14(21-3)11-15(22-4)19(17,2)13-9-7-6-8-10-13/h6-11,15H,5,12H2,1-4H3/q+1. The summed E-state index contributed by atoms with van der Waals surface area (Å²) >= 11 is 0. The van der Waals surface area contributed by atoms with Gasteiger partial charge in [-0.1, -0.05) is 18.2 Å². The van der Waals surface area contributed by atoms with Gasteiger partial charge >= 0.3 is 12.0 Å². The lowest BCUT2D eigenvalue weighted by Crippen LogP contribution is -2.60. The Balaban J connectivity index is 2.38. The molecule has 0 amide bonds. The number of esters is 1. The van der Waals surface area contributed by atoms with E-state index in [2.05, 4.69) is 4.99 Å². The van der Waals surface area contributed by atoms with Crippen LogP contribution in [0.5, 0.6) is 0 Å². The molecule has 1 aromatic rings. The first-order valence-electron chi connectivity index (χ1n) is 7.64. The van der Waals surface area contributed by atoms with Crippen LogP contribution in [0.25, 0.3) is 0 Å². The SMILES string of the molecule is CCOC(=O)COC1=NC(OC)=CC(OC)[N+]1(C)c1ccccc1. The van der Waals surface area contributed by atoms with Crippen LogP contribution < -0.4 is 4.48 Å². The second kappa shape index (κ2) is 7.94. The normalized spacial score (nSPS) is 23.1. The van der Waals surface area contributed by atoms with Crippen molar-refractivity contribution in [2.75, 3.05) is 34.5 Å². The van der Waals surface area contributed by atoms with Gasteiger partial charge in [0.1, 0.15) is 5.69 Å². The number of quaternary nitrogens is 1. The number of nitrogens with zero attached hydrogens (tertiary/aromatic N) is 2. The van der Waals surface area contributed by atoms with E-state index < -0.39 is 12.2 Å². The summed E-state index contributed by atoms with van der Waals surface area (Å²) in [5, 5.41) is 0. The van der Waals surface area contributed by atoms with E-state index in [0.29, 0.717) is 18.5 Å². The van der Waals surface area contributed by atoms with E-state index >= 15 is 0 Å². The van der Waals surface area contributed by atoms with Gasteiger partial charge in [0, 0.05) is 7.11 Å². The van der Waals surface area contributed by atoms with Crippen LogP contribution in [0.2, 0.25) is 0 Å². The first kappa shape index (κ1) is 18.0. The van der Waals surface area contributed by atoms with Gasteiger partial charge < -0.3 is 18.9 Å². The van der Waals surface area contributed by atoms with E-state index in [1.165, 1.54) is 7.11 Å². The Morgan fingerprint density at radius 1 is 1.25 bits per heavy atom. The van der Waals surface area contributed by atoms with Gasteiger partial charge in [0.05, 0.1) is 26.8 Å². The molecule has 2 unspecified atom stereocenters. The zero-order valence-electron chi connectivity index (χ0n) is 14.4. The van der Waals surface area contributed by atoms with Crippen molar-refractivity contribution in [2.45, 2.75) is 13.2 Å². The minimum absolute atomic E-state index is 0.115. The molecule has 0 saturated carbocycles. The number of hydrogen-bond donors (Lipinski definition) is 0. The summed E-state index contributed by atoms with van der Waals surface area (Å²) in [4.78, 5) is 16.0. The second-order valence-corrected chi connectivity index (χ2v) is 5.23. The molecule has 1 aromatic carbocycles. The van der Waals surface area contributed by atoms with Crippen molar-refractivity contribution in [2.24, 2.45) is 4.99 Å². The minimum atomic E-state index is -0.456. The van der Waals surface area contributed by atoms with Gasteiger partial charge in [0.2, 0.25) is 12.1 Å². The molecule has 0 radical (unpaired) electrons. The Labute approximate surface area is 141 Å². The highest BCUT2D eigenvalue weighted by atomic mass is 16.6. The average Bonchev–Trinajstić information content (AvgIpc) is 2.61.